The minimum atomic E-state index is -0.809. The van der Waals surface area contributed by atoms with Gasteiger partial charge in [-0.3, -0.25) is 4.79 Å². The van der Waals surface area contributed by atoms with E-state index < -0.39 is 12.1 Å². The van der Waals surface area contributed by atoms with E-state index in [1.54, 1.807) is 26.0 Å². The summed E-state index contributed by atoms with van der Waals surface area (Å²) >= 11 is 0. The van der Waals surface area contributed by atoms with Crippen LogP contribution in [0.5, 0.6) is 11.5 Å². The highest BCUT2D eigenvalue weighted by molar-refractivity contribution is 5.86. The van der Waals surface area contributed by atoms with E-state index in [1.165, 1.54) is 13.2 Å². The zero-order valence-corrected chi connectivity index (χ0v) is 15.4. The van der Waals surface area contributed by atoms with Gasteiger partial charge in [0.05, 0.1) is 13.7 Å². The van der Waals surface area contributed by atoms with Crippen molar-refractivity contribution in [2.45, 2.75) is 20.0 Å². The second-order valence-electron chi connectivity index (χ2n) is 5.85. The van der Waals surface area contributed by atoms with Crippen molar-refractivity contribution in [1.29, 1.82) is 0 Å². The lowest BCUT2D eigenvalue weighted by Gasteiger charge is -2.15. The average molecular weight is 368 g/mol. The number of fused-ring (bicyclic) bond motifs is 1. The molecule has 0 saturated carbocycles. The molecule has 3 aromatic rings. The third kappa shape index (κ3) is 3.95. The van der Waals surface area contributed by atoms with E-state index in [2.05, 4.69) is 0 Å². The van der Waals surface area contributed by atoms with E-state index in [-0.39, 0.29) is 12.0 Å². The van der Waals surface area contributed by atoms with E-state index in [0.29, 0.717) is 28.2 Å². The molecule has 0 radical (unpaired) electrons. The van der Waals surface area contributed by atoms with Gasteiger partial charge in [0.25, 0.3) is 0 Å². The Balaban J connectivity index is 2.07. The number of benzene rings is 2. The summed E-state index contributed by atoms with van der Waals surface area (Å²) in [4.78, 5) is 24.4. The highest BCUT2D eigenvalue weighted by Gasteiger charge is 2.19. The predicted molar refractivity (Wildman–Crippen MR) is 101 cm³/mol. The van der Waals surface area contributed by atoms with E-state index in [0.717, 1.165) is 5.56 Å². The molecule has 6 heteroatoms. The molecule has 27 heavy (non-hydrogen) atoms. The molecule has 1 atom stereocenters. The maximum Gasteiger partial charge on any atom is 0.347 e. The van der Waals surface area contributed by atoms with E-state index in [1.807, 2.05) is 30.3 Å². The van der Waals surface area contributed by atoms with E-state index >= 15 is 0 Å². The van der Waals surface area contributed by atoms with Crippen molar-refractivity contribution in [2.24, 2.45) is 0 Å². The van der Waals surface area contributed by atoms with Gasteiger partial charge < -0.3 is 18.6 Å². The van der Waals surface area contributed by atoms with Crippen LogP contribution >= 0.6 is 0 Å². The number of rotatable bonds is 6. The maximum absolute atomic E-state index is 12.6. The minimum absolute atomic E-state index is 0.225. The third-order valence-electron chi connectivity index (χ3n) is 3.98. The summed E-state index contributed by atoms with van der Waals surface area (Å²) in [5.74, 6) is 0.613. The number of esters is 1. The van der Waals surface area contributed by atoms with Gasteiger partial charge in [-0.2, -0.15) is 0 Å². The van der Waals surface area contributed by atoms with Gasteiger partial charge in [0.15, 0.2) is 11.5 Å². The summed E-state index contributed by atoms with van der Waals surface area (Å²) in [5, 5.41) is 0.313. The molecule has 6 nitrogen and oxygen atoms in total. The van der Waals surface area contributed by atoms with Crippen LogP contribution in [0.25, 0.3) is 22.3 Å². The highest BCUT2D eigenvalue weighted by atomic mass is 16.6. The van der Waals surface area contributed by atoms with Gasteiger partial charge in [-0.1, -0.05) is 30.3 Å². The summed E-state index contributed by atoms with van der Waals surface area (Å²) in [6, 6.07) is 13.9. The van der Waals surface area contributed by atoms with Crippen molar-refractivity contribution >= 4 is 16.9 Å². The lowest BCUT2D eigenvalue weighted by Crippen LogP contribution is -2.26. The Kier molecular flexibility index (Phi) is 5.45. The van der Waals surface area contributed by atoms with E-state index in [4.69, 9.17) is 18.6 Å². The zero-order valence-electron chi connectivity index (χ0n) is 15.4. The first-order valence-corrected chi connectivity index (χ1v) is 8.58. The maximum atomic E-state index is 12.6. The fourth-order valence-electron chi connectivity index (χ4n) is 2.71. The Bertz CT molecular complexity index is 1010. The molecule has 0 aliphatic carbocycles. The largest absolute Gasteiger partial charge is 0.496 e. The van der Waals surface area contributed by atoms with Crippen LogP contribution in [0, 0.1) is 0 Å². The molecule has 140 valence electrons. The van der Waals surface area contributed by atoms with Gasteiger partial charge in [0, 0.05) is 23.8 Å². The quantitative estimate of drug-likeness (QED) is 0.616. The normalized spacial score (nSPS) is 11.8. The molecule has 0 fully saturated rings. The van der Waals surface area contributed by atoms with Gasteiger partial charge >= 0.3 is 5.97 Å². The van der Waals surface area contributed by atoms with Crippen LogP contribution in [-0.4, -0.2) is 25.8 Å². The Hall–Kier alpha value is -3.28. The fourth-order valence-corrected chi connectivity index (χ4v) is 2.71. The lowest BCUT2D eigenvalue weighted by atomic mass is 10.1. The number of carbonyl (C=O) groups excluding carboxylic acids is 1. The van der Waals surface area contributed by atoms with Crippen molar-refractivity contribution in [1.82, 2.24) is 0 Å². The Morgan fingerprint density at radius 3 is 2.56 bits per heavy atom. The van der Waals surface area contributed by atoms with Crippen LogP contribution in [0.3, 0.4) is 0 Å². The molecule has 0 aliphatic rings. The van der Waals surface area contributed by atoms with Crippen LogP contribution in [0.1, 0.15) is 13.8 Å². The van der Waals surface area contributed by atoms with Crippen molar-refractivity contribution in [2.75, 3.05) is 13.7 Å². The number of hydrogen-bond acceptors (Lipinski definition) is 6. The first kappa shape index (κ1) is 18.5. The van der Waals surface area contributed by atoms with Gasteiger partial charge in [0.1, 0.15) is 28.2 Å². The molecule has 1 heterocycles. The second kappa shape index (κ2) is 7.95. The molecule has 2 aromatic carbocycles. The van der Waals surface area contributed by atoms with Crippen LogP contribution in [-0.2, 0) is 9.53 Å². The first-order chi connectivity index (χ1) is 13.0. The molecular weight excluding hydrogens is 348 g/mol. The fraction of sp³-hybridized carbons (Fsp3) is 0.238. The number of ether oxygens (including phenoxy) is 3. The molecule has 0 bridgehead atoms. The lowest BCUT2D eigenvalue weighted by molar-refractivity contribution is -0.150. The minimum Gasteiger partial charge on any atom is -0.496 e. The van der Waals surface area contributed by atoms with Crippen molar-refractivity contribution in [3.63, 3.8) is 0 Å². The standard InChI is InChI=1S/C21H20O6/c1-4-25-21(23)13(2)26-15-10-18(24-3)20-16(22)12-17(27-19(20)11-15)14-8-6-5-7-9-14/h5-13H,4H2,1-3H3/t13-/m0/s1. The number of hydrogen-bond donors (Lipinski definition) is 0. The van der Waals surface area contributed by atoms with Crippen LogP contribution in [0.15, 0.2) is 57.7 Å². The van der Waals surface area contributed by atoms with Crippen molar-refractivity contribution in [3.8, 4) is 22.8 Å². The summed E-state index contributed by atoms with van der Waals surface area (Å²) in [5.41, 5.74) is 0.866. The predicted octanol–water partition coefficient (Wildman–Crippen LogP) is 3.80. The SMILES string of the molecule is CCOC(=O)[C@H](C)Oc1cc(OC)c2c(=O)cc(-c3ccccc3)oc2c1. The molecule has 0 spiro atoms. The molecule has 0 aliphatic heterocycles. The molecule has 3 rings (SSSR count). The first-order valence-electron chi connectivity index (χ1n) is 8.58. The number of carbonyl (C=O) groups is 1. The summed E-state index contributed by atoms with van der Waals surface area (Å²) in [6.07, 6.45) is -0.809. The Morgan fingerprint density at radius 2 is 1.89 bits per heavy atom. The van der Waals surface area contributed by atoms with Crippen molar-refractivity contribution < 1.29 is 23.4 Å². The second-order valence-corrected chi connectivity index (χ2v) is 5.85. The number of methoxy groups -OCH3 is 1. The van der Waals surface area contributed by atoms with Crippen LogP contribution in [0.2, 0.25) is 0 Å². The highest BCUT2D eigenvalue weighted by Crippen LogP contribution is 2.32. The van der Waals surface area contributed by atoms with Gasteiger partial charge in [0.2, 0.25) is 0 Å². The summed E-state index contributed by atoms with van der Waals surface area (Å²) in [6.45, 7) is 3.58. The van der Waals surface area contributed by atoms with Gasteiger partial charge in [-0.15, -0.1) is 0 Å². The molecule has 0 saturated heterocycles. The average Bonchev–Trinajstić information content (AvgIpc) is 2.67. The molecule has 0 amide bonds. The topological polar surface area (TPSA) is 75.0 Å². The molecule has 0 N–H and O–H groups in total. The molecular formula is C21H20O6. The third-order valence-corrected chi connectivity index (χ3v) is 3.98. The molecule has 1 aromatic heterocycles. The molecule has 0 unspecified atom stereocenters. The monoisotopic (exact) mass is 368 g/mol. The van der Waals surface area contributed by atoms with Crippen molar-refractivity contribution in [3.05, 3.63) is 58.8 Å². The van der Waals surface area contributed by atoms with Crippen LogP contribution < -0.4 is 14.9 Å². The van der Waals surface area contributed by atoms with Gasteiger partial charge in [-0.25, -0.2) is 4.79 Å². The van der Waals surface area contributed by atoms with E-state index in [9.17, 15) is 9.59 Å². The zero-order chi connectivity index (χ0) is 19.4. The Labute approximate surface area is 156 Å². The summed E-state index contributed by atoms with van der Waals surface area (Å²) < 4.78 is 21.8. The van der Waals surface area contributed by atoms with Gasteiger partial charge in [-0.05, 0) is 13.8 Å². The van der Waals surface area contributed by atoms with Crippen LogP contribution in [0.4, 0.5) is 0 Å². The summed E-state index contributed by atoms with van der Waals surface area (Å²) in [7, 11) is 1.46. The smallest absolute Gasteiger partial charge is 0.347 e. The Morgan fingerprint density at radius 1 is 1.15 bits per heavy atom.